The third kappa shape index (κ3) is 2.98. The first-order chi connectivity index (χ1) is 6.75. The van der Waals surface area contributed by atoms with Gasteiger partial charge in [-0.3, -0.25) is 0 Å². The normalized spacial score (nSPS) is 14.7. The molecule has 0 aliphatic heterocycles. The largest absolute Gasteiger partial charge is 0.386 e. The molecule has 14 heavy (non-hydrogen) atoms. The van der Waals surface area contributed by atoms with Crippen LogP contribution in [0.5, 0.6) is 0 Å². The summed E-state index contributed by atoms with van der Waals surface area (Å²) in [7, 11) is 0. The third-order valence-electron chi connectivity index (χ3n) is 2.06. The van der Waals surface area contributed by atoms with Crippen LogP contribution in [0, 0.1) is 0 Å². The van der Waals surface area contributed by atoms with E-state index in [-0.39, 0.29) is 6.10 Å². The molecule has 0 radical (unpaired) electrons. The molecule has 2 unspecified atom stereocenters. The van der Waals surface area contributed by atoms with Crippen molar-refractivity contribution in [2.45, 2.75) is 19.1 Å². The molecule has 1 aromatic rings. The first-order valence-corrected chi connectivity index (χ1v) is 4.71. The molecule has 1 rings (SSSR count). The van der Waals surface area contributed by atoms with Crippen LogP contribution in [0.1, 0.15) is 18.6 Å². The Bertz CT molecular complexity index is 269. The van der Waals surface area contributed by atoms with Crippen LogP contribution in [0.2, 0.25) is 0 Å². The molecule has 0 aromatic heterocycles. The van der Waals surface area contributed by atoms with Crippen molar-refractivity contribution in [3.63, 3.8) is 0 Å². The zero-order chi connectivity index (χ0) is 10.4. The summed E-state index contributed by atoms with van der Waals surface area (Å²) in [5.74, 6) is 0. The van der Waals surface area contributed by atoms with Crippen molar-refractivity contribution < 1.29 is 9.84 Å². The highest BCUT2D eigenvalue weighted by Gasteiger charge is 2.15. The second-order valence-electron chi connectivity index (χ2n) is 3.18. The molecule has 0 heterocycles. The van der Waals surface area contributed by atoms with E-state index in [1.54, 1.807) is 6.08 Å². The molecular weight excluding hydrogens is 176 g/mol. The van der Waals surface area contributed by atoms with Gasteiger partial charge in [0.25, 0.3) is 0 Å². The summed E-state index contributed by atoms with van der Waals surface area (Å²) >= 11 is 0. The van der Waals surface area contributed by atoms with Gasteiger partial charge in [-0.1, -0.05) is 36.4 Å². The summed E-state index contributed by atoms with van der Waals surface area (Å²) in [5.41, 5.74) is 0.879. The molecule has 1 N–H and O–H groups in total. The molecule has 0 saturated heterocycles. The molecule has 0 bridgehead atoms. The Morgan fingerprint density at radius 3 is 2.64 bits per heavy atom. The van der Waals surface area contributed by atoms with E-state index in [1.165, 1.54) is 0 Å². The van der Waals surface area contributed by atoms with Crippen LogP contribution < -0.4 is 0 Å². The molecule has 2 heteroatoms. The van der Waals surface area contributed by atoms with Gasteiger partial charge >= 0.3 is 0 Å². The van der Waals surface area contributed by atoms with Gasteiger partial charge in [0.15, 0.2) is 0 Å². The molecule has 0 spiro atoms. The first kappa shape index (κ1) is 11.0. The second kappa shape index (κ2) is 5.58. The van der Waals surface area contributed by atoms with Gasteiger partial charge in [-0.25, -0.2) is 0 Å². The Hall–Kier alpha value is -1.12. The Balaban J connectivity index is 2.56. The fourth-order valence-corrected chi connectivity index (χ4v) is 1.23. The lowest BCUT2D eigenvalue weighted by molar-refractivity contribution is -0.0165. The number of benzene rings is 1. The fourth-order valence-electron chi connectivity index (χ4n) is 1.23. The summed E-state index contributed by atoms with van der Waals surface area (Å²) in [5, 5.41) is 9.86. The molecule has 0 aliphatic carbocycles. The molecule has 0 saturated carbocycles. The SMILES string of the molecule is C=CCOC(C)C(O)c1ccccc1. The zero-order valence-corrected chi connectivity index (χ0v) is 8.39. The minimum atomic E-state index is -0.573. The van der Waals surface area contributed by atoms with Crippen LogP contribution in [-0.2, 0) is 4.74 Å². The van der Waals surface area contributed by atoms with Crippen LogP contribution in [0.3, 0.4) is 0 Å². The van der Waals surface area contributed by atoms with Gasteiger partial charge in [-0.2, -0.15) is 0 Å². The number of hydrogen-bond acceptors (Lipinski definition) is 2. The average Bonchev–Trinajstić information content (AvgIpc) is 2.26. The Labute approximate surface area is 84.8 Å². The molecular formula is C12H16O2. The molecule has 0 aliphatic rings. The van der Waals surface area contributed by atoms with Crippen molar-refractivity contribution >= 4 is 0 Å². The van der Waals surface area contributed by atoms with Crippen molar-refractivity contribution in [2.24, 2.45) is 0 Å². The molecule has 1 aromatic carbocycles. The summed E-state index contributed by atoms with van der Waals surface area (Å²) in [4.78, 5) is 0. The van der Waals surface area contributed by atoms with Crippen molar-refractivity contribution in [1.29, 1.82) is 0 Å². The van der Waals surface area contributed by atoms with Crippen molar-refractivity contribution in [1.82, 2.24) is 0 Å². The number of ether oxygens (including phenoxy) is 1. The minimum absolute atomic E-state index is 0.213. The maximum absolute atomic E-state index is 9.86. The van der Waals surface area contributed by atoms with Gasteiger partial charge in [0.1, 0.15) is 6.10 Å². The van der Waals surface area contributed by atoms with E-state index in [9.17, 15) is 5.11 Å². The maximum atomic E-state index is 9.86. The molecule has 0 amide bonds. The second-order valence-corrected chi connectivity index (χ2v) is 3.18. The van der Waals surface area contributed by atoms with Crippen LogP contribution >= 0.6 is 0 Å². The van der Waals surface area contributed by atoms with Gasteiger partial charge in [0, 0.05) is 0 Å². The molecule has 2 atom stereocenters. The zero-order valence-electron chi connectivity index (χ0n) is 8.39. The lowest BCUT2D eigenvalue weighted by Gasteiger charge is -2.18. The van der Waals surface area contributed by atoms with Crippen molar-refractivity contribution in [3.8, 4) is 0 Å². The average molecular weight is 192 g/mol. The number of hydrogen-bond donors (Lipinski definition) is 1. The minimum Gasteiger partial charge on any atom is -0.386 e. The summed E-state index contributed by atoms with van der Waals surface area (Å²) < 4.78 is 5.34. The van der Waals surface area contributed by atoms with E-state index in [1.807, 2.05) is 37.3 Å². The van der Waals surface area contributed by atoms with Gasteiger partial charge in [0.2, 0.25) is 0 Å². The monoisotopic (exact) mass is 192 g/mol. The number of aliphatic hydroxyl groups excluding tert-OH is 1. The lowest BCUT2D eigenvalue weighted by Crippen LogP contribution is -2.18. The van der Waals surface area contributed by atoms with E-state index in [0.29, 0.717) is 6.61 Å². The molecule has 76 valence electrons. The number of aliphatic hydroxyl groups is 1. The van der Waals surface area contributed by atoms with Crippen LogP contribution in [0.15, 0.2) is 43.0 Å². The van der Waals surface area contributed by atoms with E-state index in [4.69, 9.17) is 4.74 Å². The fraction of sp³-hybridized carbons (Fsp3) is 0.333. The Morgan fingerprint density at radius 2 is 2.07 bits per heavy atom. The van der Waals surface area contributed by atoms with Gasteiger partial charge < -0.3 is 9.84 Å². The Kier molecular flexibility index (Phi) is 4.36. The topological polar surface area (TPSA) is 29.5 Å². The van der Waals surface area contributed by atoms with Crippen LogP contribution in [-0.4, -0.2) is 17.8 Å². The molecule has 0 fully saturated rings. The van der Waals surface area contributed by atoms with Crippen molar-refractivity contribution in [2.75, 3.05) is 6.61 Å². The van der Waals surface area contributed by atoms with E-state index in [0.717, 1.165) is 5.56 Å². The summed E-state index contributed by atoms with van der Waals surface area (Å²) in [6, 6.07) is 9.50. The summed E-state index contributed by atoms with van der Waals surface area (Å²) in [6.45, 7) is 5.87. The molecule has 2 nitrogen and oxygen atoms in total. The predicted molar refractivity (Wildman–Crippen MR) is 57.0 cm³/mol. The quantitative estimate of drug-likeness (QED) is 0.725. The van der Waals surface area contributed by atoms with Gasteiger partial charge in [-0.05, 0) is 12.5 Å². The van der Waals surface area contributed by atoms with E-state index in [2.05, 4.69) is 6.58 Å². The van der Waals surface area contributed by atoms with Gasteiger partial charge in [0.05, 0.1) is 12.7 Å². The van der Waals surface area contributed by atoms with Gasteiger partial charge in [-0.15, -0.1) is 6.58 Å². The highest BCUT2D eigenvalue weighted by Crippen LogP contribution is 2.18. The lowest BCUT2D eigenvalue weighted by atomic mass is 10.1. The van der Waals surface area contributed by atoms with E-state index < -0.39 is 6.10 Å². The Morgan fingerprint density at radius 1 is 1.43 bits per heavy atom. The highest BCUT2D eigenvalue weighted by molar-refractivity contribution is 5.18. The highest BCUT2D eigenvalue weighted by atomic mass is 16.5. The maximum Gasteiger partial charge on any atom is 0.105 e. The summed E-state index contributed by atoms with van der Waals surface area (Å²) in [6.07, 6.45) is 0.889. The van der Waals surface area contributed by atoms with Crippen LogP contribution in [0.25, 0.3) is 0 Å². The first-order valence-electron chi connectivity index (χ1n) is 4.71. The smallest absolute Gasteiger partial charge is 0.105 e. The third-order valence-corrected chi connectivity index (χ3v) is 2.06. The van der Waals surface area contributed by atoms with E-state index >= 15 is 0 Å². The van der Waals surface area contributed by atoms with Crippen molar-refractivity contribution in [3.05, 3.63) is 48.6 Å². The standard InChI is InChI=1S/C12H16O2/c1-3-9-14-10(2)12(13)11-7-5-4-6-8-11/h3-8,10,12-13H,1,9H2,2H3. The number of rotatable bonds is 5. The van der Waals surface area contributed by atoms with Crippen LogP contribution in [0.4, 0.5) is 0 Å². The predicted octanol–water partition coefficient (Wildman–Crippen LogP) is 2.31.